The molecule has 0 N–H and O–H groups in total. The van der Waals surface area contributed by atoms with E-state index in [1.165, 1.54) is 83.1 Å². The van der Waals surface area contributed by atoms with Gasteiger partial charge in [-0.15, -0.1) is 0 Å². The van der Waals surface area contributed by atoms with Crippen LogP contribution in [0.2, 0.25) is 0 Å². The maximum atomic E-state index is 5.23. The zero-order chi connectivity index (χ0) is 21.1. The van der Waals surface area contributed by atoms with Crippen molar-refractivity contribution in [3.63, 3.8) is 0 Å². The van der Waals surface area contributed by atoms with E-state index in [-0.39, 0.29) is 0 Å². The third-order valence-electron chi connectivity index (χ3n) is 4.55. The summed E-state index contributed by atoms with van der Waals surface area (Å²) >= 11 is 0. The second kappa shape index (κ2) is 25.9. The van der Waals surface area contributed by atoms with Crippen LogP contribution in [0.15, 0.2) is 91.1 Å². The zero-order valence-corrected chi connectivity index (χ0v) is 18.7. The fraction of sp³-hybridized carbons (Fsp3) is 0.448. The Hall–Kier alpha value is -2.08. The van der Waals surface area contributed by atoms with E-state index in [9.17, 15) is 0 Å². The summed E-state index contributed by atoms with van der Waals surface area (Å²) < 4.78 is 0. The summed E-state index contributed by atoms with van der Waals surface area (Å²) in [5.41, 5.74) is 0. The van der Waals surface area contributed by atoms with Crippen LogP contribution < -0.4 is 0 Å². The molecule has 0 atom stereocenters. The number of allylic oxidation sites excluding steroid dienone is 15. The monoisotopic (exact) mass is 391 g/mol. The van der Waals surface area contributed by atoms with Crippen molar-refractivity contribution in [2.45, 2.75) is 84.0 Å². The molecule has 0 spiro atoms. The normalized spacial score (nSPS) is 13.1. The van der Waals surface area contributed by atoms with Gasteiger partial charge in [-0.25, -0.2) is 0 Å². The molecule has 0 saturated heterocycles. The standard InChI is InChI=1S/C29H43/c1-3-5-7-9-11-13-15-17-19-21-23-25-27-29-28-26-24-22-20-18-16-14-12-10-8-6-4-2/h1,3,5,7,9,11,13,15,17,19,21,23,25,27-29H,4,6,8,10,12,14,16,18,20,22,24,26H2,2H3/b3-1?,7-5+,11-9+,15-13+,19-17+,23-21+,27-25+,29-28+. The Bertz CT molecular complexity index is 534. The summed E-state index contributed by atoms with van der Waals surface area (Å²) in [6.07, 6.45) is 46.5. The summed E-state index contributed by atoms with van der Waals surface area (Å²) in [5.74, 6) is 0. The Morgan fingerprint density at radius 2 is 0.759 bits per heavy atom. The van der Waals surface area contributed by atoms with Gasteiger partial charge in [-0.3, -0.25) is 0 Å². The van der Waals surface area contributed by atoms with E-state index in [0.29, 0.717) is 0 Å². The van der Waals surface area contributed by atoms with Crippen LogP contribution in [-0.2, 0) is 0 Å². The SMILES string of the molecule is [CH]=C/C=C/C=C/C=C/C=C/C=C/C=C/C=C/CCCCCCCCCCCCC. The Kier molecular flexibility index (Phi) is 24.1. The lowest BCUT2D eigenvalue weighted by Crippen LogP contribution is -1.81. The van der Waals surface area contributed by atoms with Crippen molar-refractivity contribution in [3.05, 3.63) is 97.7 Å². The van der Waals surface area contributed by atoms with E-state index < -0.39 is 0 Å². The van der Waals surface area contributed by atoms with Gasteiger partial charge in [0.2, 0.25) is 0 Å². The van der Waals surface area contributed by atoms with Crippen LogP contribution in [0, 0.1) is 6.58 Å². The molecule has 0 aromatic carbocycles. The molecule has 0 bridgehead atoms. The number of rotatable bonds is 19. The summed E-state index contributed by atoms with van der Waals surface area (Å²) in [6, 6.07) is 0. The highest BCUT2D eigenvalue weighted by Crippen LogP contribution is 2.11. The highest BCUT2D eigenvalue weighted by molar-refractivity contribution is 5.20. The van der Waals surface area contributed by atoms with Gasteiger partial charge >= 0.3 is 0 Å². The van der Waals surface area contributed by atoms with Gasteiger partial charge in [0, 0.05) is 0 Å². The third kappa shape index (κ3) is 25.9. The highest BCUT2D eigenvalue weighted by atomic mass is 14.0. The molecule has 0 heterocycles. The molecule has 0 unspecified atom stereocenters. The maximum Gasteiger partial charge on any atom is -0.0348 e. The quantitative estimate of drug-likeness (QED) is 0.152. The van der Waals surface area contributed by atoms with Gasteiger partial charge in [0.1, 0.15) is 0 Å². The number of hydrogen-bond donors (Lipinski definition) is 0. The van der Waals surface area contributed by atoms with Crippen LogP contribution in [0.3, 0.4) is 0 Å². The maximum absolute atomic E-state index is 5.23. The van der Waals surface area contributed by atoms with E-state index in [2.05, 4.69) is 31.2 Å². The third-order valence-corrected chi connectivity index (χ3v) is 4.55. The molecular formula is C29H43. The molecule has 0 amide bonds. The van der Waals surface area contributed by atoms with Crippen LogP contribution in [0.4, 0.5) is 0 Å². The van der Waals surface area contributed by atoms with Crippen molar-refractivity contribution < 1.29 is 0 Å². The van der Waals surface area contributed by atoms with Crippen molar-refractivity contribution in [3.8, 4) is 0 Å². The predicted octanol–water partition coefficient (Wildman–Crippen LogP) is 9.57. The molecule has 0 aliphatic carbocycles. The van der Waals surface area contributed by atoms with E-state index in [4.69, 9.17) is 6.58 Å². The fourth-order valence-electron chi connectivity index (χ4n) is 2.87. The van der Waals surface area contributed by atoms with Crippen molar-refractivity contribution in [1.82, 2.24) is 0 Å². The number of unbranched alkanes of at least 4 members (excludes halogenated alkanes) is 11. The second-order valence-corrected chi connectivity index (χ2v) is 7.25. The Balaban J connectivity index is 3.48. The fourth-order valence-corrected chi connectivity index (χ4v) is 2.87. The Labute approximate surface area is 181 Å². The first-order valence-electron chi connectivity index (χ1n) is 11.6. The molecular weight excluding hydrogens is 348 g/mol. The first kappa shape index (κ1) is 26.9. The minimum atomic E-state index is 1.20. The molecule has 0 aliphatic rings. The molecule has 0 aromatic heterocycles. The van der Waals surface area contributed by atoms with Crippen LogP contribution in [0.1, 0.15) is 84.0 Å². The largest absolute Gasteiger partial charge is 0.0845 e. The van der Waals surface area contributed by atoms with E-state index in [0.717, 1.165) is 0 Å². The molecule has 0 heteroatoms. The average Bonchev–Trinajstić information content (AvgIpc) is 2.74. The van der Waals surface area contributed by atoms with E-state index in [1.54, 1.807) is 6.08 Å². The smallest absolute Gasteiger partial charge is 0.0348 e. The molecule has 0 rings (SSSR count). The number of hydrogen-bond acceptors (Lipinski definition) is 0. The van der Waals surface area contributed by atoms with Gasteiger partial charge in [-0.1, -0.05) is 169 Å². The lowest BCUT2D eigenvalue weighted by Gasteiger charge is -2.01. The Morgan fingerprint density at radius 1 is 0.414 bits per heavy atom. The average molecular weight is 392 g/mol. The van der Waals surface area contributed by atoms with E-state index in [1.807, 2.05) is 54.7 Å². The molecule has 29 heavy (non-hydrogen) atoms. The molecule has 1 radical (unpaired) electrons. The molecule has 0 saturated carbocycles. The molecule has 0 aliphatic heterocycles. The van der Waals surface area contributed by atoms with Crippen molar-refractivity contribution in [2.75, 3.05) is 0 Å². The summed E-state index contributed by atoms with van der Waals surface area (Å²) in [7, 11) is 0. The van der Waals surface area contributed by atoms with Crippen molar-refractivity contribution in [1.29, 1.82) is 0 Å². The highest BCUT2D eigenvalue weighted by Gasteiger charge is 1.92. The topological polar surface area (TPSA) is 0 Å². The molecule has 0 nitrogen and oxygen atoms in total. The van der Waals surface area contributed by atoms with Crippen LogP contribution in [0.25, 0.3) is 0 Å². The van der Waals surface area contributed by atoms with Crippen molar-refractivity contribution >= 4 is 0 Å². The summed E-state index contributed by atoms with van der Waals surface area (Å²) in [6.45, 7) is 7.52. The molecule has 159 valence electrons. The van der Waals surface area contributed by atoms with Gasteiger partial charge in [-0.05, 0) is 12.8 Å². The summed E-state index contributed by atoms with van der Waals surface area (Å²) in [4.78, 5) is 0. The van der Waals surface area contributed by atoms with E-state index >= 15 is 0 Å². The van der Waals surface area contributed by atoms with Gasteiger partial charge in [0.05, 0.1) is 0 Å². The molecule has 0 aromatic rings. The van der Waals surface area contributed by atoms with Gasteiger partial charge in [0.15, 0.2) is 0 Å². The molecule has 0 fully saturated rings. The predicted molar refractivity (Wildman–Crippen MR) is 134 cm³/mol. The van der Waals surface area contributed by atoms with Gasteiger partial charge in [-0.2, -0.15) is 0 Å². The van der Waals surface area contributed by atoms with Crippen LogP contribution >= 0.6 is 0 Å². The lowest BCUT2D eigenvalue weighted by atomic mass is 10.1. The zero-order valence-electron chi connectivity index (χ0n) is 18.7. The first-order valence-corrected chi connectivity index (χ1v) is 11.6. The van der Waals surface area contributed by atoms with Gasteiger partial charge < -0.3 is 0 Å². The summed E-state index contributed by atoms with van der Waals surface area (Å²) in [5, 5.41) is 0. The Morgan fingerprint density at radius 3 is 1.17 bits per heavy atom. The minimum absolute atomic E-state index is 1.20. The lowest BCUT2D eigenvalue weighted by molar-refractivity contribution is 0.550. The van der Waals surface area contributed by atoms with Crippen molar-refractivity contribution in [2.24, 2.45) is 0 Å². The second-order valence-electron chi connectivity index (χ2n) is 7.25. The van der Waals surface area contributed by atoms with Gasteiger partial charge in [0.25, 0.3) is 0 Å². The first-order chi connectivity index (χ1) is 14.4. The minimum Gasteiger partial charge on any atom is -0.0845 e. The van der Waals surface area contributed by atoms with Crippen LogP contribution in [-0.4, -0.2) is 0 Å². The van der Waals surface area contributed by atoms with Crippen LogP contribution in [0.5, 0.6) is 0 Å².